The molecule has 0 saturated carbocycles. The minimum Gasteiger partial charge on any atom is -0.476 e. The van der Waals surface area contributed by atoms with Crippen LogP contribution in [-0.2, 0) is 15.7 Å². The van der Waals surface area contributed by atoms with Crippen LogP contribution in [0.2, 0.25) is 0 Å². The fraction of sp³-hybridized carbons (Fsp3) is 0.273. The highest BCUT2D eigenvalue weighted by Gasteiger charge is 2.32. The predicted octanol–water partition coefficient (Wildman–Crippen LogP) is 1.90. The normalized spacial score (nSPS) is 17.6. The van der Waals surface area contributed by atoms with E-state index in [1.165, 1.54) is 12.1 Å². The molecule has 0 radical (unpaired) electrons. The van der Waals surface area contributed by atoms with Gasteiger partial charge in [0.2, 0.25) is 5.90 Å². The molecule has 1 aromatic heterocycles. The number of carbonyl (C=O) groups is 1. The van der Waals surface area contributed by atoms with Gasteiger partial charge >= 0.3 is 6.18 Å². The Kier molecular flexibility index (Phi) is 3.32. The van der Waals surface area contributed by atoms with E-state index in [9.17, 15) is 18.0 Å². The first kappa shape index (κ1) is 13.2. The standard InChI is InChI=1S/C11H10F3N3O2/c1-2-19-10-7(9(18)16-17-10)5-6-3-4-8(15-6)11(12,13)14/h3-5,15H,2H2,1H3,(H,16,18). The average Bonchev–Trinajstić information content (AvgIpc) is 2.90. The summed E-state index contributed by atoms with van der Waals surface area (Å²) in [7, 11) is 0. The number of aromatic nitrogens is 1. The molecule has 19 heavy (non-hydrogen) atoms. The number of aromatic amines is 1. The quantitative estimate of drug-likeness (QED) is 0.808. The molecule has 0 atom stereocenters. The van der Waals surface area contributed by atoms with Crippen molar-refractivity contribution in [3.63, 3.8) is 0 Å². The molecule has 0 unspecified atom stereocenters. The molecule has 2 N–H and O–H groups in total. The maximum absolute atomic E-state index is 12.4. The Morgan fingerprint density at radius 1 is 1.42 bits per heavy atom. The zero-order chi connectivity index (χ0) is 14.0. The van der Waals surface area contributed by atoms with Crippen molar-refractivity contribution in [2.75, 3.05) is 6.61 Å². The predicted molar refractivity (Wildman–Crippen MR) is 61.0 cm³/mol. The molecular weight excluding hydrogens is 263 g/mol. The third-order valence-electron chi connectivity index (χ3n) is 2.33. The highest BCUT2D eigenvalue weighted by Crippen LogP contribution is 2.28. The molecule has 0 saturated heterocycles. The molecule has 102 valence electrons. The third-order valence-corrected chi connectivity index (χ3v) is 2.33. The molecule has 1 amide bonds. The first-order chi connectivity index (χ1) is 8.91. The van der Waals surface area contributed by atoms with E-state index in [-0.39, 0.29) is 17.2 Å². The highest BCUT2D eigenvalue weighted by atomic mass is 19.4. The molecule has 5 nitrogen and oxygen atoms in total. The summed E-state index contributed by atoms with van der Waals surface area (Å²) in [6, 6.07) is 2.13. The van der Waals surface area contributed by atoms with E-state index in [1.807, 2.05) is 0 Å². The zero-order valence-electron chi connectivity index (χ0n) is 9.84. The van der Waals surface area contributed by atoms with Crippen LogP contribution in [0.1, 0.15) is 18.3 Å². The third kappa shape index (κ3) is 2.78. The van der Waals surface area contributed by atoms with Gasteiger partial charge in [0.05, 0.1) is 6.61 Å². The van der Waals surface area contributed by atoms with Gasteiger partial charge in [-0.25, -0.2) is 5.43 Å². The number of carbonyl (C=O) groups excluding carboxylic acids is 1. The van der Waals surface area contributed by atoms with Crippen molar-refractivity contribution in [3.8, 4) is 0 Å². The molecule has 0 aliphatic carbocycles. The van der Waals surface area contributed by atoms with Gasteiger partial charge in [-0.1, -0.05) is 0 Å². The van der Waals surface area contributed by atoms with E-state index < -0.39 is 17.8 Å². The Balaban J connectivity index is 2.27. The first-order valence-corrected chi connectivity index (χ1v) is 5.41. The zero-order valence-corrected chi connectivity index (χ0v) is 9.84. The van der Waals surface area contributed by atoms with Gasteiger partial charge in [-0.15, -0.1) is 5.10 Å². The Labute approximate surface area is 106 Å². The maximum Gasteiger partial charge on any atom is 0.431 e. The number of hydrogen-bond acceptors (Lipinski definition) is 3. The Morgan fingerprint density at radius 3 is 2.74 bits per heavy atom. The van der Waals surface area contributed by atoms with E-state index in [0.29, 0.717) is 6.61 Å². The van der Waals surface area contributed by atoms with Gasteiger partial charge in [-0.3, -0.25) is 4.79 Å². The highest BCUT2D eigenvalue weighted by molar-refractivity contribution is 6.24. The van der Waals surface area contributed by atoms with Gasteiger partial charge in [0.15, 0.2) is 0 Å². The number of amides is 1. The summed E-state index contributed by atoms with van der Waals surface area (Å²) in [5.41, 5.74) is 1.53. The Morgan fingerprint density at radius 2 is 2.16 bits per heavy atom. The number of halogens is 3. The van der Waals surface area contributed by atoms with Gasteiger partial charge in [0.1, 0.15) is 11.3 Å². The topological polar surface area (TPSA) is 66.5 Å². The number of ether oxygens (including phenoxy) is 1. The molecule has 2 rings (SSSR count). The van der Waals surface area contributed by atoms with Crippen molar-refractivity contribution in [3.05, 3.63) is 29.1 Å². The Bertz CT molecular complexity index is 558. The van der Waals surface area contributed by atoms with Crippen LogP contribution in [0, 0.1) is 0 Å². The van der Waals surface area contributed by atoms with Gasteiger partial charge < -0.3 is 9.72 Å². The summed E-state index contributed by atoms with van der Waals surface area (Å²) < 4.78 is 42.3. The second-order valence-electron chi connectivity index (χ2n) is 3.67. The second-order valence-corrected chi connectivity index (χ2v) is 3.67. The lowest BCUT2D eigenvalue weighted by Crippen LogP contribution is -2.14. The molecule has 1 aliphatic rings. The number of alkyl halides is 3. The lowest BCUT2D eigenvalue weighted by atomic mass is 10.2. The van der Waals surface area contributed by atoms with Crippen LogP contribution in [-0.4, -0.2) is 23.4 Å². The lowest BCUT2D eigenvalue weighted by molar-refractivity contribution is -0.140. The Hall–Kier alpha value is -2.25. The van der Waals surface area contributed by atoms with Crippen molar-refractivity contribution in [1.82, 2.24) is 10.4 Å². The molecule has 0 aromatic carbocycles. The number of nitrogens with zero attached hydrogens (tertiary/aromatic N) is 1. The van der Waals surface area contributed by atoms with E-state index in [1.54, 1.807) is 6.92 Å². The van der Waals surface area contributed by atoms with Crippen LogP contribution in [0.3, 0.4) is 0 Å². The van der Waals surface area contributed by atoms with Gasteiger partial charge in [0.25, 0.3) is 5.91 Å². The van der Waals surface area contributed by atoms with Crippen LogP contribution >= 0.6 is 0 Å². The van der Waals surface area contributed by atoms with Crippen LogP contribution in [0.25, 0.3) is 6.08 Å². The fourth-order valence-electron chi connectivity index (χ4n) is 1.51. The van der Waals surface area contributed by atoms with E-state index in [2.05, 4.69) is 15.5 Å². The van der Waals surface area contributed by atoms with E-state index in [0.717, 1.165) is 6.07 Å². The van der Waals surface area contributed by atoms with E-state index >= 15 is 0 Å². The summed E-state index contributed by atoms with van der Waals surface area (Å²) in [4.78, 5) is 13.6. The molecule has 8 heteroatoms. The van der Waals surface area contributed by atoms with Crippen molar-refractivity contribution in [2.45, 2.75) is 13.1 Å². The van der Waals surface area contributed by atoms with Crippen molar-refractivity contribution >= 4 is 17.9 Å². The number of H-pyrrole nitrogens is 1. The van der Waals surface area contributed by atoms with Crippen molar-refractivity contribution in [1.29, 1.82) is 0 Å². The molecule has 0 spiro atoms. The SMILES string of the molecule is CCOC1=NNC(=O)C1=Cc1ccc(C(F)(F)F)[nH]1. The first-order valence-electron chi connectivity index (χ1n) is 5.41. The van der Waals surface area contributed by atoms with Crippen molar-refractivity contribution in [2.24, 2.45) is 5.10 Å². The molecular formula is C11H10F3N3O2. The molecule has 0 fully saturated rings. The van der Waals surface area contributed by atoms with Gasteiger partial charge in [-0.05, 0) is 25.1 Å². The maximum atomic E-state index is 12.4. The molecule has 1 aliphatic heterocycles. The smallest absolute Gasteiger partial charge is 0.431 e. The van der Waals surface area contributed by atoms with Gasteiger partial charge in [0, 0.05) is 5.69 Å². The van der Waals surface area contributed by atoms with Crippen LogP contribution < -0.4 is 5.43 Å². The van der Waals surface area contributed by atoms with Crippen molar-refractivity contribution < 1.29 is 22.7 Å². The van der Waals surface area contributed by atoms with E-state index in [4.69, 9.17) is 4.74 Å². The number of rotatable bonds is 2. The lowest BCUT2D eigenvalue weighted by Gasteiger charge is -2.02. The number of hydrazone groups is 1. The summed E-state index contributed by atoms with van der Waals surface area (Å²) >= 11 is 0. The molecule has 0 bridgehead atoms. The van der Waals surface area contributed by atoms with Gasteiger partial charge in [-0.2, -0.15) is 13.2 Å². The minimum atomic E-state index is -4.45. The van der Waals surface area contributed by atoms with Crippen LogP contribution in [0.15, 0.2) is 22.8 Å². The average molecular weight is 273 g/mol. The van der Waals surface area contributed by atoms with Crippen LogP contribution in [0.4, 0.5) is 13.2 Å². The monoisotopic (exact) mass is 273 g/mol. The summed E-state index contributed by atoms with van der Waals surface area (Å²) in [5, 5.41) is 3.63. The summed E-state index contributed by atoms with van der Waals surface area (Å²) in [5.74, 6) is -0.456. The molecule has 2 heterocycles. The second kappa shape index (κ2) is 4.79. The summed E-state index contributed by atoms with van der Waals surface area (Å²) in [6.45, 7) is 2.00. The summed E-state index contributed by atoms with van der Waals surface area (Å²) in [6.07, 6.45) is -3.20. The van der Waals surface area contributed by atoms with Crippen LogP contribution in [0.5, 0.6) is 0 Å². The largest absolute Gasteiger partial charge is 0.476 e. The number of hydrogen-bond donors (Lipinski definition) is 2. The number of nitrogens with one attached hydrogen (secondary N) is 2. The molecule has 1 aromatic rings. The minimum absolute atomic E-state index is 0.0654. The fourth-order valence-corrected chi connectivity index (χ4v) is 1.51.